The minimum atomic E-state index is -0.180. The second kappa shape index (κ2) is 9.28. The predicted molar refractivity (Wildman–Crippen MR) is 135 cm³/mol. The Hall–Kier alpha value is -2.32. The number of piperazine rings is 1. The molecule has 4 saturated carbocycles. The van der Waals surface area contributed by atoms with Gasteiger partial charge in [0.2, 0.25) is 10.9 Å². The third-order valence-corrected chi connectivity index (χ3v) is 9.65. The molecule has 1 aromatic heterocycles. The molecule has 35 heavy (non-hydrogen) atoms. The van der Waals surface area contributed by atoms with Crippen LogP contribution >= 0.6 is 11.3 Å². The van der Waals surface area contributed by atoms with Crippen LogP contribution in [0.1, 0.15) is 64.5 Å². The first-order valence-electron chi connectivity index (χ1n) is 13.1. The van der Waals surface area contributed by atoms with Gasteiger partial charge in [-0.1, -0.05) is 41.2 Å². The van der Waals surface area contributed by atoms with Crippen LogP contribution in [0.4, 0.5) is 0 Å². The maximum Gasteiger partial charge on any atom is 0.282 e. The third-order valence-electron chi connectivity index (χ3n) is 8.75. The number of benzene rings is 1. The Bertz CT molecular complexity index is 1050. The van der Waals surface area contributed by atoms with E-state index in [2.05, 4.69) is 25.3 Å². The number of hydrogen-bond acceptors (Lipinski definition) is 6. The Balaban J connectivity index is 0.992. The maximum atomic E-state index is 13.6. The first-order valence-corrected chi connectivity index (χ1v) is 14.0. The van der Waals surface area contributed by atoms with E-state index in [1.165, 1.54) is 36.2 Å². The second-order valence-electron chi connectivity index (χ2n) is 11.4. The molecule has 4 aliphatic carbocycles. The summed E-state index contributed by atoms with van der Waals surface area (Å²) in [6, 6.07) is 8.13. The molecule has 1 saturated heterocycles. The highest BCUT2D eigenvalue weighted by atomic mass is 32.1. The zero-order chi connectivity index (χ0) is 24.0. The molecule has 5 fully saturated rings. The lowest BCUT2D eigenvalue weighted by atomic mass is 9.49. The van der Waals surface area contributed by atoms with E-state index < -0.39 is 0 Å². The van der Waals surface area contributed by atoms with Crippen molar-refractivity contribution >= 4 is 23.2 Å². The van der Waals surface area contributed by atoms with Gasteiger partial charge in [0.25, 0.3) is 5.91 Å². The lowest BCUT2D eigenvalue weighted by molar-refractivity contribution is -0.159. The quantitative estimate of drug-likeness (QED) is 0.665. The van der Waals surface area contributed by atoms with Gasteiger partial charge in [-0.05, 0) is 68.8 Å². The second-order valence-corrected chi connectivity index (χ2v) is 12.5. The topological polar surface area (TPSA) is 78.4 Å². The summed E-state index contributed by atoms with van der Waals surface area (Å²) in [6.45, 7) is 6.51. The van der Waals surface area contributed by atoms with Crippen molar-refractivity contribution < 1.29 is 9.59 Å². The summed E-state index contributed by atoms with van der Waals surface area (Å²) in [5.41, 5.74) is 2.22. The van der Waals surface area contributed by atoms with E-state index in [9.17, 15) is 9.59 Å². The van der Waals surface area contributed by atoms with Gasteiger partial charge < -0.3 is 10.2 Å². The Kier molecular flexibility index (Phi) is 6.13. The van der Waals surface area contributed by atoms with Crippen molar-refractivity contribution in [1.29, 1.82) is 0 Å². The molecule has 7 nitrogen and oxygen atoms in total. The first kappa shape index (κ1) is 23.1. The number of aryl methyl sites for hydroxylation is 1. The lowest BCUT2D eigenvalue weighted by Gasteiger charge is -2.57. The van der Waals surface area contributed by atoms with Crippen LogP contribution in [0.15, 0.2) is 24.3 Å². The van der Waals surface area contributed by atoms with Crippen LogP contribution in [0, 0.1) is 30.1 Å². The van der Waals surface area contributed by atoms with E-state index in [-0.39, 0.29) is 11.3 Å². The number of nitrogens with one attached hydrogen (secondary N) is 1. The molecule has 2 amide bonds. The van der Waals surface area contributed by atoms with E-state index in [0.29, 0.717) is 24.0 Å². The molecule has 2 aromatic rings. The molecular formula is C27H35N5O2S. The fourth-order valence-electron chi connectivity index (χ4n) is 7.38. The van der Waals surface area contributed by atoms with Crippen molar-refractivity contribution in [2.75, 3.05) is 26.2 Å². The standard InChI is InChI=1S/C27H35N5O2S/c1-18-2-4-19(5-3-18)16-28-24(33)25-30-29-23(35-25)17-31-6-8-32(9-7-31)26(34)27-13-20-10-21(14-27)12-22(11-20)15-27/h2-5,20-22H,6-17H2,1H3,(H,28,33). The number of nitrogens with zero attached hydrogens (tertiary/aromatic N) is 4. The van der Waals surface area contributed by atoms with Gasteiger partial charge in [-0.2, -0.15) is 0 Å². The van der Waals surface area contributed by atoms with Crippen molar-refractivity contribution in [3.05, 3.63) is 45.4 Å². The van der Waals surface area contributed by atoms with Crippen LogP contribution in [0.25, 0.3) is 0 Å². The Labute approximate surface area is 211 Å². The summed E-state index contributed by atoms with van der Waals surface area (Å²) in [7, 11) is 0. The van der Waals surface area contributed by atoms with E-state index >= 15 is 0 Å². The molecule has 4 bridgehead atoms. The van der Waals surface area contributed by atoms with E-state index in [1.54, 1.807) is 0 Å². The molecule has 0 radical (unpaired) electrons. The monoisotopic (exact) mass is 493 g/mol. The largest absolute Gasteiger partial charge is 0.346 e. The lowest BCUT2D eigenvalue weighted by Crippen LogP contribution is -2.58. The summed E-state index contributed by atoms with van der Waals surface area (Å²) in [5.74, 6) is 2.66. The van der Waals surface area contributed by atoms with Gasteiger partial charge in [0.1, 0.15) is 5.01 Å². The minimum absolute atomic E-state index is 0.0447. The average molecular weight is 494 g/mol. The summed E-state index contributed by atoms with van der Waals surface area (Å²) in [5, 5.41) is 12.6. The Morgan fingerprint density at radius 2 is 1.60 bits per heavy atom. The van der Waals surface area contributed by atoms with Crippen LogP contribution < -0.4 is 5.32 Å². The van der Waals surface area contributed by atoms with Gasteiger partial charge in [-0.15, -0.1) is 10.2 Å². The van der Waals surface area contributed by atoms with Crippen LogP contribution in [0.3, 0.4) is 0 Å². The molecule has 7 rings (SSSR count). The number of rotatable bonds is 6. The minimum Gasteiger partial charge on any atom is -0.346 e. The molecule has 1 aromatic carbocycles. The highest BCUT2D eigenvalue weighted by molar-refractivity contribution is 7.13. The summed E-state index contributed by atoms with van der Waals surface area (Å²) in [4.78, 5) is 30.6. The first-order chi connectivity index (χ1) is 17.0. The van der Waals surface area contributed by atoms with Crippen molar-refractivity contribution in [2.24, 2.45) is 23.2 Å². The number of amides is 2. The summed E-state index contributed by atoms with van der Waals surface area (Å²) < 4.78 is 0. The Morgan fingerprint density at radius 3 is 2.23 bits per heavy atom. The summed E-state index contributed by atoms with van der Waals surface area (Å²) in [6.07, 6.45) is 7.52. The van der Waals surface area contributed by atoms with Gasteiger partial charge in [-0.3, -0.25) is 14.5 Å². The van der Waals surface area contributed by atoms with Gasteiger partial charge in [0, 0.05) is 32.7 Å². The van der Waals surface area contributed by atoms with Gasteiger partial charge >= 0.3 is 0 Å². The van der Waals surface area contributed by atoms with Crippen LogP contribution in [0.5, 0.6) is 0 Å². The van der Waals surface area contributed by atoms with Crippen LogP contribution in [-0.4, -0.2) is 58.0 Å². The molecule has 0 unspecified atom stereocenters. The van der Waals surface area contributed by atoms with Crippen molar-refractivity contribution in [3.8, 4) is 0 Å². The highest BCUT2D eigenvalue weighted by Gasteiger charge is 2.55. The number of hydrogen-bond donors (Lipinski definition) is 1. The van der Waals surface area contributed by atoms with Gasteiger partial charge in [-0.25, -0.2) is 0 Å². The molecule has 2 heterocycles. The molecule has 8 heteroatoms. The fraction of sp³-hybridized carbons (Fsp3) is 0.630. The van der Waals surface area contributed by atoms with Gasteiger partial charge in [0.15, 0.2) is 0 Å². The molecule has 5 aliphatic rings. The molecule has 186 valence electrons. The van der Waals surface area contributed by atoms with E-state index in [4.69, 9.17) is 0 Å². The molecule has 1 N–H and O–H groups in total. The fourth-order valence-corrected chi connectivity index (χ4v) is 8.18. The van der Waals surface area contributed by atoms with Crippen molar-refractivity contribution in [1.82, 2.24) is 25.3 Å². The number of aromatic nitrogens is 2. The third kappa shape index (κ3) is 4.75. The zero-order valence-corrected chi connectivity index (χ0v) is 21.4. The van der Waals surface area contributed by atoms with Crippen LogP contribution in [0.2, 0.25) is 0 Å². The highest BCUT2D eigenvalue weighted by Crippen LogP contribution is 2.60. The predicted octanol–water partition coefficient (Wildman–Crippen LogP) is 3.64. The molecule has 0 spiro atoms. The van der Waals surface area contributed by atoms with Crippen molar-refractivity contribution in [3.63, 3.8) is 0 Å². The smallest absolute Gasteiger partial charge is 0.282 e. The maximum absolute atomic E-state index is 13.6. The molecule has 1 aliphatic heterocycles. The average Bonchev–Trinajstić information content (AvgIpc) is 3.31. The van der Waals surface area contributed by atoms with E-state index in [1.807, 2.05) is 31.2 Å². The normalized spacial score (nSPS) is 30.0. The van der Waals surface area contributed by atoms with E-state index in [0.717, 1.165) is 73.8 Å². The SMILES string of the molecule is Cc1ccc(CNC(=O)c2nnc(CN3CCN(C(=O)C45CC6CC(CC(C6)C4)C5)CC3)s2)cc1. The van der Waals surface area contributed by atoms with Gasteiger partial charge in [0.05, 0.1) is 12.0 Å². The number of carbonyl (C=O) groups excluding carboxylic acids is 2. The van der Waals surface area contributed by atoms with Crippen LogP contribution in [-0.2, 0) is 17.9 Å². The van der Waals surface area contributed by atoms with Crippen molar-refractivity contribution in [2.45, 2.75) is 58.5 Å². The molecule has 0 atom stereocenters. The number of carbonyl (C=O) groups is 2. The zero-order valence-electron chi connectivity index (χ0n) is 20.5. The summed E-state index contributed by atoms with van der Waals surface area (Å²) >= 11 is 1.36. The molecular weight excluding hydrogens is 458 g/mol. The Morgan fingerprint density at radius 1 is 0.971 bits per heavy atom.